The van der Waals surface area contributed by atoms with E-state index in [1.807, 2.05) is 18.2 Å². The molecular formula is C15H17Br2ClO. The van der Waals surface area contributed by atoms with Crippen molar-refractivity contribution < 1.29 is 4.74 Å². The summed E-state index contributed by atoms with van der Waals surface area (Å²) in [4.78, 5) is 0.611. The summed E-state index contributed by atoms with van der Waals surface area (Å²) in [6.07, 6.45) is 7.99. The van der Waals surface area contributed by atoms with Crippen LogP contribution in [-0.2, 0) is 0 Å². The van der Waals surface area contributed by atoms with Gasteiger partial charge >= 0.3 is 0 Å². The topological polar surface area (TPSA) is 9.23 Å². The van der Waals surface area contributed by atoms with Gasteiger partial charge in [-0.05, 0) is 37.5 Å². The lowest BCUT2D eigenvalue weighted by molar-refractivity contribution is -0.0600. The van der Waals surface area contributed by atoms with E-state index in [0.29, 0.717) is 21.4 Å². The average Bonchev–Trinajstić information content (AvgIpc) is 2.42. The second kappa shape index (κ2) is 5.57. The second-order valence-electron chi connectivity index (χ2n) is 5.68. The Morgan fingerprint density at radius 3 is 2.58 bits per heavy atom. The highest BCUT2D eigenvalue weighted by Gasteiger charge is 2.55. The predicted octanol–water partition coefficient (Wildman–Crippen LogP) is 5.97. The van der Waals surface area contributed by atoms with Crippen LogP contribution in [0.25, 0.3) is 0 Å². The van der Waals surface area contributed by atoms with Gasteiger partial charge in [0.25, 0.3) is 0 Å². The zero-order chi connectivity index (χ0) is 13.5. The molecule has 0 saturated heterocycles. The maximum Gasteiger partial charge on any atom is 0.138 e. The first-order chi connectivity index (χ1) is 9.12. The van der Waals surface area contributed by atoms with Crippen LogP contribution >= 0.6 is 43.5 Å². The molecule has 0 amide bonds. The summed E-state index contributed by atoms with van der Waals surface area (Å²) in [5, 5.41) is 0.693. The molecule has 2 saturated carbocycles. The monoisotopic (exact) mass is 406 g/mol. The number of rotatable bonds is 2. The lowest BCUT2D eigenvalue weighted by Gasteiger charge is -2.55. The van der Waals surface area contributed by atoms with Crippen molar-refractivity contribution in [2.45, 2.75) is 49.5 Å². The molecule has 0 heterocycles. The zero-order valence-corrected chi connectivity index (χ0v) is 14.6. The highest BCUT2D eigenvalue weighted by atomic mass is 79.9. The Labute approximate surface area is 136 Å². The fourth-order valence-electron chi connectivity index (χ4n) is 3.43. The third-order valence-electron chi connectivity index (χ3n) is 4.63. The van der Waals surface area contributed by atoms with Crippen LogP contribution in [0.15, 0.2) is 22.7 Å². The van der Waals surface area contributed by atoms with Gasteiger partial charge in [0.2, 0.25) is 0 Å². The molecule has 104 valence electrons. The van der Waals surface area contributed by atoms with Crippen molar-refractivity contribution in [1.82, 2.24) is 0 Å². The molecule has 2 aliphatic carbocycles. The van der Waals surface area contributed by atoms with Gasteiger partial charge in [-0.1, -0.05) is 62.7 Å². The van der Waals surface area contributed by atoms with E-state index in [9.17, 15) is 0 Å². The summed E-state index contributed by atoms with van der Waals surface area (Å²) in [7, 11) is 0. The van der Waals surface area contributed by atoms with Crippen LogP contribution in [0.2, 0.25) is 5.02 Å². The van der Waals surface area contributed by atoms with E-state index < -0.39 is 0 Å². The van der Waals surface area contributed by atoms with Crippen molar-refractivity contribution >= 4 is 43.5 Å². The highest BCUT2D eigenvalue weighted by molar-refractivity contribution is 9.10. The average molecular weight is 409 g/mol. The first-order valence-corrected chi connectivity index (χ1v) is 8.96. The maximum atomic E-state index is 6.25. The van der Waals surface area contributed by atoms with E-state index in [2.05, 4.69) is 31.9 Å². The third-order valence-corrected chi connectivity index (χ3v) is 6.71. The molecule has 0 N–H and O–H groups in total. The molecule has 2 unspecified atom stereocenters. The van der Waals surface area contributed by atoms with Gasteiger partial charge in [-0.15, -0.1) is 0 Å². The molecular weight excluding hydrogens is 391 g/mol. The van der Waals surface area contributed by atoms with Gasteiger partial charge < -0.3 is 4.74 Å². The largest absolute Gasteiger partial charge is 0.488 e. The maximum absolute atomic E-state index is 6.25. The van der Waals surface area contributed by atoms with Gasteiger partial charge in [-0.25, -0.2) is 0 Å². The summed E-state index contributed by atoms with van der Waals surface area (Å²) in [6, 6.07) is 5.85. The predicted molar refractivity (Wildman–Crippen MR) is 86.4 cm³/mol. The Morgan fingerprint density at radius 1 is 1.21 bits per heavy atom. The zero-order valence-electron chi connectivity index (χ0n) is 10.7. The minimum atomic E-state index is 0.316. The Morgan fingerprint density at radius 2 is 1.95 bits per heavy atom. The van der Waals surface area contributed by atoms with Crippen LogP contribution in [0.1, 0.15) is 38.5 Å². The molecule has 1 nitrogen and oxygen atoms in total. The lowest BCUT2D eigenvalue weighted by atomic mass is 9.58. The molecule has 2 fully saturated rings. The molecule has 2 atom stereocenters. The number of ether oxygens (including phenoxy) is 1. The number of hydrogen-bond acceptors (Lipinski definition) is 1. The molecule has 0 bridgehead atoms. The number of alkyl halides is 1. The molecule has 2 aliphatic rings. The summed E-state index contributed by atoms with van der Waals surface area (Å²) >= 11 is 13.5. The number of halogens is 3. The number of benzene rings is 1. The van der Waals surface area contributed by atoms with Crippen molar-refractivity contribution in [3.63, 3.8) is 0 Å². The second-order valence-corrected chi connectivity index (χ2v) is 8.11. The fraction of sp³-hybridized carbons (Fsp3) is 0.600. The summed E-state index contributed by atoms with van der Waals surface area (Å²) in [5.74, 6) is 0.819. The minimum absolute atomic E-state index is 0.316. The van der Waals surface area contributed by atoms with Gasteiger partial charge in [0.15, 0.2) is 0 Å². The van der Waals surface area contributed by atoms with E-state index >= 15 is 0 Å². The van der Waals surface area contributed by atoms with Crippen LogP contribution in [0.4, 0.5) is 0 Å². The molecule has 0 aromatic heterocycles. The van der Waals surface area contributed by atoms with Crippen molar-refractivity contribution in [3.8, 4) is 5.75 Å². The summed E-state index contributed by atoms with van der Waals surface area (Å²) < 4.78 is 7.21. The Hall–Kier alpha value is 0.270. The number of hydrogen-bond donors (Lipinski definition) is 0. The molecule has 3 rings (SSSR count). The highest BCUT2D eigenvalue weighted by Crippen LogP contribution is 2.56. The summed E-state index contributed by atoms with van der Waals surface area (Å²) in [5.41, 5.74) is 0.342. The van der Waals surface area contributed by atoms with Crippen LogP contribution in [0.3, 0.4) is 0 Å². The van der Waals surface area contributed by atoms with Crippen LogP contribution in [0.5, 0.6) is 5.75 Å². The lowest BCUT2D eigenvalue weighted by Crippen LogP contribution is -2.57. The van der Waals surface area contributed by atoms with E-state index in [4.69, 9.17) is 16.3 Å². The Balaban J connectivity index is 1.76. The minimum Gasteiger partial charge on any atom is -0.488 e. The van der Waals surface area contributed by atoms with Crippen molar-refractivity contribution in [3.05, 3.63) is 27.7 Å². The van der Waals surface area contributed by atoms with E-state index in [1.54, 1.807) is 0 Å². The first-order valence-electron chi connectivity index (χ1n) is 6.87. The van der Waals surface area contributed by atoms with Gasteiger partial charge in [0.1, 0.15) is 11.9 Å². The van der Waals surface area contributed by atoms with Gasteiger partial charge in [-0.2, -0.15) is 0 Å². The normalized spacial score (nSPS) is 29.0. The van der Waals surface area contributed by atoms with Crippen LogP contribution < -0.4 is 4.74 Å². The smallest absolute Gasteiger partial charge is 0.138 e. The van der Waals surface area contributed by atoms with Gasteiger partial charge in [-0.3, -0.25) is 0 Å². The molecule has 1 aromatic rings. The van der Waals surface area contributed by atoms with Crippen molar-refractivity contribution in [2.75, 3.05) is 0 Å². The molecule has 4 heteroatoms. The SMILES string of the molecule is Clc1cc(Br)ccc1OC1CC(Br)C12CCCCC2. The van der Waals surface area contributed by atoms with Gasteiger partial charge in [0, 0.05) is 14.7 Å². The molecule has 1 spiro atoms. The van der Waals surface area contributed by atoms with E-state index in [0.717, 1.165) is 16.6 Å². The molecule has 0 aliphatic heterocycles. The molecule has 19 heavy (non-hydrogen) atoms. The van der Waals surface area contributed by atoms with E-state index in [1.165, 1.54) is 32.1 Å². The Kier molecular flexibility index (Phi) is 4.17. The third kappa shape index (κ3) is 2.58. The van der Waals surface area contributed by atoms with Gasteiger partial charge in [0.05, 0.1) is 5.02 Å². The quantitative estimate of drug-likeness (QED) is 0.548. The van der Waals surface area contributed by atoms with Crippen molar-refractivity contribution in [2.24, 2.45) is 5.41 Å². The summed E-state index contributed by atoms with van der Waals surface area (Å²) in [6.45, 7) is 0. The molecule has 0 radical (unpaired) electrons. The van der Waals surface area contributed by atoms with E-state index in [-0.39, 0.29) is 0 Å². The molecule has 1 aromatic carbocycles. The van der Waals surface area contributed by atoms with Crippen LogP contribution in [-0.4, -0.2) is 10.9 Å². The fourth-order valence-corrected chi connectivity index (χ4v) is 5.24. The van der Waals surface area contributed by atoms with Crippen LogP contribution in [0, 0.1) is 5.41 Å². The van der Waals surface area contributed by atoms with Crippen molar-refractivity contribution in [1.29, 1.82) is 0 Å². The first kappa shape index (κ1) is 14.2. The Bertz CT molecular complexity index is 471. The standard InChI is InChI=1S/C15H17Br2ClO/c16-10-4-5-12(11(18)8-10)19-14-9-13(17)15(14)6-2-1-3-7-15/h4-5,8,13-14H,1-3,6-7,9H2.